The SMILES string of the molecule is NCCON=C(C(=O)N[C@@H]1C(=O)N(S(=O)(=O)O)[C@@H]1COC(N)=O)c1csc(N)n1. The molecule has 0 radical (unpaired) electrons. The number of carbonyl (C=O) groups excluding carboxylic acids is 3. The lowest BCUT2D eigenvalue weighted by molar-refractivity contribution is -0.146. The summed E-state index contributed by atoms with van der Waals surface area (Å²) < 4.78 is 36.4. The fourth-order valence-corrected chi connectivity index (χ4v) is 3.68. The number of carbonyl (C=O) groups is 3. The first-order valence-electron chi connectivity index (χ1n) is 7.71. The van der Waals surface area contributed by atoms with Crippen LogP contribution in [-0.4, -0.2) is 77.7 Å². The van der Waals surface area contributed by atoms with E-state index in [0.29, 0.717) is 0 Å². The van der Waals surface area contributed by atoms with Crippen LogP contribution in [0, 0.1) is 0 Å². The number of aromatic nitrogens is 1. The third kappa shape index (κ3) is 5.28. The highest BCUT2D eigenvalue weighted by atomic mass is 32.2. The molecule has 2 rings (SSSR count). The standard InChI is InChI=1S/C12H17N7O8S2/c13-1-2-27-18-7(5-4-28-11(14)16-5)9(20)17-8-6(3-26-12(15)22)19(10(8)21)29(23,24)25/h4,6,8H,1-3,13H2,(H2,14,16)(H2,15,22)(H,17,20)(H,23,24,25)/t6-,8+/m1/s1. The average molecular weight is 451 g/mol. The molecule has 15 nitrogen and oxygen atoms in total. The molecule has 1 fully saturated rings. The van der Waals surface area contributed by atoms with Crippen molar-refractivity contribution < 1.29 is 36.9 Å². The fraction of sp³-hybridized carbons (Fsp3) is 0.417. The lowest BCUT2D eigenvalue weighted by atomic mass is 9.99. The van der Waals surface area contributed by atoms with E-state index in [1.165, 1.54) is 5.38 Å². The Morgan fingerprint density at radius 3 is 2.66 bits per heavy atom. The van der Waals surface area contributed by atoms with E-state index < -0.39 is 46.9 Å². The molecule has 17 heteroatoms. The number of ether oxygens (including phenoxy) is 1. The zero-order chi connectivity index (χ0) is 21.8. The Morgan fingerprint density at radius 1 is 1.45 bits per heavy atom. The Kier molecular flexibility index (Phi) is 6.90. The Labute approximate surface area is 167 Å². The first kappa shape index (κ1) is 22.3. The second kappa shape index (κ2) is 8.99. The summed E-state index contributed by atoms with van der Waals surface area (Å²) in [6.07, 6.45) is -1.25. The number of rotatable bonds is 9. The zero-order valence-corrected chi connectivity index (χ0v) is 16.2. The van der Waals surface area contributed by atoms with Crippen LogP contribution in [0.2, 0.25) is 0 Å². The minimum absolute atomic E-state index is 0.0234. The molecule has 0 aromatic carbocycles. The van der Waals surface area contributed by atoms with E-state index in [9.17, 15) is 22.8 Å². The molecule has 8 N–H and O–H groups in total. The maximum absolute atomic E-state index is 12.6. The van der Waals surface area contributed by atoms with Gasteiger partial charge in [-0.25, -0.2) is 14.1 Å². The van der Waals surface area contributed by atoms with Gasteiger partial charge in [-0.3, -0.25) is 14.1 Å². The molecule has 2 heterocycles. The number of anilines is 1. The molecule has 0 bridgehead atoms. The highest BCUT2D eigenvalue weighted by molar-refractivity contribution is 7.84. The van der Waals surface area contributed by atoms with Gasteiger partial charge in [0, 0.05) is 11.9 Å². The van der Waals surface area contributed by atoms with Gasteiger partial charge in [0.25, 0.3) is 11.8 Å². The van der Waals surface area contributed by atoms with Gasteiger partial charge in [0.15, 0.2) is 10.8 Å². The van der Waals surface area contributed by atoms with Gasteiger partial charge in [-0.05, 0) is 0 Å². The van der Waals surface area contributed by atoms with E-state index in [2.05, 4.69) is 20.2 Å². The van der Waals surface area contributed by atoms with Crippen LogP contribution in [0.5, 0.6) is 0 Å². The number of oxime groups is 1. The van der Waals surface area contributed by atoms with Gasteiger partial charge >= 0.3 is 16.4 Å². The van der Waals surface area contributed by atoms with Crippen molar-refractivity contribution in [1.82, 2.24) is 14.6 Å². The van der Waals surface area contributed by atoms with E-state index >= 15 is 0 Å². The third-order valence-electron chi connectivity index (χ3n) is 3.45. The predicted octanol–water partition coefficient (Wildman–Crippen LogP) is -3.00. The van der Waals surface area contributed by atoms with Crippen molar-refractivity contribution in [3.63, 3.8) is 0 Å². The van der Waals surface area contributed by atoms with Gasteiger partial charge in [-0.15, -0.1) is 11.3 Å². The predicted molar refractivity (Wildman–Crippen MR) is 97.7 cm³/mol. The summed E-state index contributed by atoms with van der Waals surface area (Å²) in [5.74, 6) is -2.14. The quantitative estimate of drug-likeness (QED) is 0.0832. The first-order valence-corrected chi connectivity index (χ1v) is 9.99. The number of hydrogen-bond donors (Lipinski definition) is 5. The molecule has 1 aliphatic heterocycles. The molecular weight excluding hydrogens is 434 g/mol. The molecule has 29 heavy (non-hydrogen) atoms. The number of primary amides is 1. The summed E-state index contributed by atoms with van der Waals surface area (Å²) in [6, 6.07) is -2.90. The van der Waals surface area contributed by atoms with Crippen LogP contribution in [0.1, 0.15) is 5.69 Å². The summed E-state index contributed by atoms with van der Waals surface area (Å²) in [5.41, 5.74) is 15.3. The third-order valence-corrected chi connectivity index (χ3v) is 5.07. The number of hydrogen-bond acceptors (Lipinski definition) is 12. The summed E-state index contributed by atoms with van der Waals surface area (Å²) in [7, 11) is -4.96. The van der Waals surface area contributed by atoms with Gasteiger partial charge in [0.2, 0.25) is 0 Å². The molecule has 2 atom stereocenters. The molecule has 160 valence electrons. The number of thiazole rings is 1. The molecular formula is C12H17N7O8S2. The number of β-lactam (4-membered cyclic amide) rings is 1. The lowest BCUT2D eigenvalue weighted by Gasteiger charge is -2.43. The fourth-order valence-electron chi connectivity index (χ4n) is 2.27. The highest BCUT2D eigenvalue weighted by Crippen LogP contribution is 2.24. The number of nitrogens with two attached hydrogens (primary N) is 3. The second-order valence-corrected chi connectivity index (χ2v) is 7.57. The van der Waals surface area contributed by atoms with Crippen LogP contribution < -0.4 is 22.5 Å². The Hall–Kier alpha value is -3.02. The van der Waals surface area contributed by atoms with Crippen LogP contribution in [0.25, 0.3) is 0 Å². The summed E-state index contributed by atoms with van der Waals surface area (Å²) in [4.78, 5) is 44.2. The minimum atomic E-state index is -4.96. The minimum Gasteiger partial charge on any atom is -0.447 e. The Morgan fingerprint density at radius 2 is 2.14 bits per heavy atom. The van der Waals surface area contributed by atoms with Crippen LogP contribution in [0.3, 0.4) is 0 Å². The number of nitrogens with zero attached hydrogens (tertiary/aromatic N) is 3. The Balaban J connectivity index is 2.23. The summed E-state index contributed by atoms with van der Waals surface area (Å²) in [5, 5.41) is 7.37. The van der Waals surface area contributed by atoms with E-state index in [-0.39, 0.29) is 34.0 Å². The summed E-state index contributed by atoms with van der Waals surface area (Å²) >= 11 is 1.01. The molecule has 1 aromatic rings. The van der Waals surface area contributed by atoms with Gasteiger partial charge in [-0.1, -0.05) is 5.16 Å². The molecule has 1 aliphatic rings. The van der Waals surface area contributed by atoms with Crippen molar-refractivity contribution >= 4 is 50.4 Å². The molecule has 1 saturated heterocycles. The van der Waals surface area contributed by atoms with Crippen LogP contribution >= 0.6 is 11.3 Å². The number of nitrogen functional groups attached to an aromatic ring is 1. The van der Waals surface area contributed by atoms with Crippen molar-refractivity contribution in [2.45, 2.75) is 12.1 Å². The van der Waals surface area contributed by atoms with E-state index in [1.54, 1.807) is 0 Å². The van der Waals surface area contributed by atoms with Gasteiger partial charge in [-0.2, -0.15) is 8.42 Å². The number of nitrogens with one attached hydrogen (secondary N) is 1. The van der Waals surface area contributed by atoms with Gasteiger partial charge in [0.1, 0.15) is 31.0 Å². The van der Waals surface area contributed by atoms with Crippen molar-refractivity contribution in [2.24, 2.45) is 16.6 Å². The summed E-state index contributed by atoms with van der Waals surface area (Å²) in [6.45, 7) is -0.620. The zero-order valence-electron chi connectivity index (χ0n) is 14.5. The second-order valence-electron chi connectivity index (χ2n) is 5.39. The van der Waals surface area contributed by atoms with Crippen molar-refractivity contribution in [2.75, 3.05) is 25.5 Å². The molecule has 0 saturated carbocycles. The van der Waals surface area contributed by atoms with Crippen molar-refractivity contribution in [3.8, 4) is 0 Å². The topological polar surface area (TPSA) is 243 Å². The van der Waals surface area contributed by atoms with E-state index in [4.69, 9.17) is 26.6 Å². The normalized spacial score (nSPS) is 19.4. The molecule has 1 aromatic heterocycles. The van der Waals surface area contributed by atoms with E-state index in [0.717, 1.165) is 11.3 Å². The monoisotopic (exact) mass is 451 g/mol. The highest BCUT2D eigenvalue weighted by Gasteiger charge is 2.54. The maximum Gasteiger partial charge on any atom is 0.404 e. The maximum atomic E-state index is 12.6. The lowest BCUT2D eigenvalue weighted by Crippen LogP contribution is -2.73. The molecule has 0 spiro atoms. The van der Waals surface area contributed by atoms with Crippen LogP contribution in [0.4, 0.5) is 9.93 Å². The largest absolute Gasteiger partial charge is 0.447 e. The van der Waals surface area contributed by atoms with Gasteiger partial charge < -0.3 is 32.1 Å². The molecule has 3 amide bonds. The molecule has 0 aliphatic carbocycles. The van der Waals surface area contributed by atoms with Crippen molar-refractivity contribution in [3.05, 3.63) is 11.1 Å². The van der Waals surface area contributed by atoms with Crippen molar-refractivity contribution in [1.29, 1.82) is 0 Å². The van der Waals surface area contributed by atoms with E-state index in [1.807, 2.05) is 0 Å². The Bertz CT molecular complexity index is 930. The van der Waals surface area contributed by atoms with Gasteiger partial charge in [0.05, 0.1) is 0 Å². The number of amides is 3. The van der Waals surface area contributed by atoms with Crippen LogP contribution in [0.15, 0.2) is 10.5 Å². The smallest absolute Gasteiger partial charge is 0.404 e. The average Bonchev–Trinajstić information content (AvgIpc) is 3.04. The van der Waals surface area contributed by atoms with Crippen LogP contribution in [-0.2, 0) is 29.5 Å². The first-order chi connectivity index (χ1) is 13.6. The molecule has 0 unspecified atom stereocenters.